The fraction of sp³-hybridized carbons (Fsp3) is 0.250. The molecule has 1 atom stereocenters. The maximum atomic E-state index is 13.7. The average Bonchev–Trinajstić information content (AvgIpc) is 3.50. The van der Waals surface area contributed by atoms with Gasteiger partial charge in [0.15, 0.2) is 0 Å². The minimum atomic E-state index is -0.661. The van der Waals surface area contributed by atoms with Crippen LogP contribution in [0.4, 0.5) is 14.5 Å². The molecule has 0 unspecified atom stereocenters. The first kappa shape index (κ1) is 19.2. The number of hydrogen-bond donors (Lipinski definition) is 1. The van der Waals surface area contributed by atoms with E-state index in [0.717, 1.165) is 35.7 Å². The van der Waals surface area contributed by atoms with Crippen molar-refractivity contribution in [3.8, 4) is 11.1 Å². The third-order valence-electron chi connectivity index (χ3n) is 5.25. The monoisotopic (exact) mass is 392 g/mol. The molecule has 4 rings (SSSR count). The van der Waals surface area contributed by atoms with Crippen LogP contribution in [0.2, 0.25) is 0 Å². The topological polar surface area (TPSA) is 42.0 Å². The van der Waals surface area contributed by atoms with E-state index >= 15 is 0 Å². The van der Waals surface area contributed by atoms with Crippen molar-refractivity contribution < 1.29 is 13.6 Å². The van der Waals surface area contributed by atoms with Crippen molar-refractivity contribution in [3.05, 3.63) is 83.7 Å². The molecule has 0 spiro atoms. The summed E-state index contributed by atoms with van der Waals surface area (Å²) in [5, 5.41) is 2.91. The lowest BCUT2D eigenvalue weighted by Crippen LogP contribution is -2.22. The molecule has 1 heterocycles. The van der Waals surface area contributed by atoms with Crippen LogP contribution in [0, 0.1) is 24.5 Å². The van der Waals surface area contributed by atoms with Crippen LogP contribution in [-0.4, -0.2) is 10.9 Å². The molecule has 5 heteroatoms. The van der Waals surface area contributed by atoms with Gasteiger partial charge >= 0.3 is 0 Å². The van der Waals surface area contributed by atoms with E-state index in [1.165, 1.54) is 12.1 Å². The Balaban J connectivity index is 1.52. The van der Waals surface area contributed by atoms with Gasteiger partial charge in [0.2, 0.25) is 5.91 Å². The number of hydrogen-bond acceptors (Lipinski definition) is 2. The Morgan fingerprint density at radius 2 is 1.72 bits per heavy atom. The van der Waals surface area contributed by atoms with Crippen LogP contribution < -0.4 is 5.32 Å². The van der Waals surface area contributed by atoms with Gasteiger partial charge in [0.25, 0.3) is 0 Å². The Morgan fingerprint density at radius 1 is 1.03 bits per heavy atom. The molecule has 1 N–H and O–H groups in total. The zero-order valence-corrected chi connectivity index (χ0v) is 16.2. The number of nitrogens with zero attached hydrogens (tertiary/aromatic N) is 1. The molecule has 1 saturated carbocycles. The summed E-state index contributed by atoms with van der Waals surface area (Å²) < 4.78 is 27.4. The fourth-order valence-electron chi connectivity index (χ4n) is 3.56. The standard InChI is InChI=1S/C24H22F2N2O/c1-15-10-18(8-9-27-15)17-4-6-22(7-5-17)28-24(29)23(11-16-2-3-16)19-12-20(25)14-21(26)13-19/h4-10,12-14,16,23H,2-3,11H2,1H3,(H,28,29)/t23-/m1/s1. The quantitative estimate of drug-likeness (QED) is 0.571. The largest absolute Gasteiger partial charge is 0.326 e. The van der Waals surface area contributed by atoms with Crippen molar-refractivity contribution in [3.63, 3.8) is 0 Å². The number of amides is 1. The highest BCUT2D eigenvalue weighted by molar-refractivity contribution is 5.96. The Hall–Kier alpha value is -3.08. The highest BCUT2D eigenvalue weighted by Crippen LogP contribution is 2.39. The van der Waals surface area contributed by atoms with Crippen LogP contribution in [0.3, 0.4) is 0 Å². The van der Waals surface area contributed by atoms with E-state index in [4.69, 9.17) is 0 Å². The molecule has 0 aliphatic heterocycles. The number of carbonyl (C=O) groups excluding carboxylic acids is 1. The molecule has 1 aliphatic carbocycles. The first-order chi connectivity index (χ1) is 14.0. The number of aryl methyl sites for hydroxylation is 1. The predicted molar refractivity (Wildman–Crippen MR) is 109 cm³/mol. The smallest absolute Gasteiger partial charge is 0.231 e. The molecule has 0 bridgehead atoms. The van der Waals surface area contributed by atoms with Crippen molar-refractivity contribution in [2.24, 2.45) is 5.92 Å². The zero-order chi connectivity index (χ0) is 20.4. The second-order valence-electron chi connectivity index (χ2n) is 7.69. The third kappa shape index (κ3) is 4.86. The Kier molecular flexibility index (Phi) is 5.38. The van der Waals surface area contributed by atoms with Gasteiger partial charge in [-0.15, -0.1) is 0 Å². The lowest BCUT2D eigenvalue weighted by molar-refractivity contribution is -0.117. The number of benzene rings is 2. The van der Waals surface area contributed by atoms with Gasteiger partial charge in [0.1, 0.15) is 11.6 Å². The van der Waals surface area contributed by atoms with Crippen LogP contribution in [-0.2, 0) is 4.79 Å². The molecular formula is C24H22F2N2O. The van der Waals surface area contributed by atoms with Crippen LogP contribution in [0.5, 0.6) is 0 Å². The van der Waals surface area contributed by atoms with E-state index in [2.05, 4.69) is 10.3 Å². The number of halogens is 2. The maximum Gasteiger partial charge on any atom is 0.231 e. The van der Waals surface area contributed by atoms with E-state index in [1.54, 1.807) is 6.20 Å². The molecule has 3 aromatic rings. The lowest BCUT2D eigenvalue weighted by atomic mass is 9.92. The number of anilines is 1. The minimum Gasteiger partial charge on any atom is -0.326 e. The maximum absolute atomic E-state index is 13.7. The van der Waals surface area contributed by atoms with Crippen molar-refractivity contribution in [1.29, 1.82) is 0 Å². The van der Waals surface area contributed by atoms with Crippen LogP contribution in [0.15, 0.2) is 60.8 Å². The second kappa shape index (κ2) is 8.11. The summed E-state index contributed by atoms with van der Waals surface area (Å²) in [7, 11) is 0. The number of rotatable bonds is 6. The normalized spacial score (nSPS) is 14.4. The lowest BCUT2D eigenvalue weighted by Gasteiger charge is -2.18. The summed E-state index contributed by atoms with van der Waals surface area (Å²) in [5.41, 5.74) is 4.05. The minimum absolute atomic E-state index is 0.241. The van der Waals surface area contributed by atoms with E-state index < -0.39 is 17.6 Å². The molecule has 148 valence electrons. The van der Waals surface area contributed by atoms with E-state index in [1.807, 2.05) is 43.3 Å². The average molecular weight is 392 g/mol. The van der Waals surface area contributed by atoms with E-state index in [0.29, 0.717) is 23.6 Å². The first-order valence-electron chi connectivity index (χ1n) is 9.78. The summed E-state index contributed by atoms with van der Waals surface area (Å²) in [4.78, 5) is 17.1. The predicted octanol–water partition coefficient (Wildman–Crippen LogP) is 5.86. The summed E-state index contributed by atoms with van der Waals surface area (Å²) in [6.07, 6.45) is 4.48. The molecule has 0 radical (unpaired) electrons. The highest BCUT2D eigenvalue weighted by atomic mass is 19.1. The number of aromatic nitrogens is 1. The summed E-state index contributed by atoms with van der Waals surface area (Å²) in [6.45, 7) is 1.94. The summed E-state index contributed by atoms with van der Waals surface area (Å²) in [5.74, 6) is -1.70. The van der Waals surface area contributed by atoms with Crippen LogP contribution in [0.1, 0.15) is 36.4 Å². The van der Waals surface area contributed by atoms with Gasteiger partial charge in [-0.25, -0.2) is 8.78 Å². The zero-order valence-electron chi connectivity index (χ0n) is 16.2. The van der Waals surface area contributed by atoms with Gasteiger partial charge in [-0.2, -0.15) is 0 Å². The van der Waals surface area contributed by atoms with E-state index in [9.17, 15) is 13.6 Å². The molecule has 1 aromatic heterocycles. The molecule has 29 heavy (non-hydrogen) atoms. The second-order valence-corrected chi connectivity index (χ2v) is 7.69. The number of nitrogens with one attached hydrogen (secondary N) is 1. The van der Waals surface area contributed by atoms with Crippen molar-refractivity contribution in [2.75, 3.05) is 5.32 Å². The van der Waals surface area contributed by atoms with Crippen LogP contribution >= 0.6 is 0 Å². The molecule has 0 saturated heterocycles. The van der Waals surface area contributed by atoms with Crippen LogP contribution in [0.25, 0.3) is 11.1 Å². The van der Waals surface area contributed by atoms with Crippen molar-refractivity contribution in [1.82, 2.24) is 4.98 Å². The van der Waals surface area contributed by atoms with Gasteiger partial charge in [0, 0.05) is 23.6 Å². The molecule has 3 nitrogen and oxygen atoms in total. The van der Waals surface area contributed by atoms with Crippen molar-refractivity contribution in [2.45, 2.75) is 32.1 Å². The SMILES string of the molecule is Cc1cc(-c2ccc(NC(=O)[C@H](CC3CC3)c3cc(F)cc(F)c3)cc2)ccn1. The van der Waals surface area contributed by atoms with Gasteiger partial charge in [-0.1, -0.05) is 25.0 Å². The molecular weight excluding hydrogens is 370 g/mol. The Morgan fingerprint density at radius 3 is 2.34 bits per heavy atom. The third-order valence-corrected chi connectivity index (χ3v) is 5.25. The van der Waals surface area contributed by atoms with Gasteiger partial charge in [0.05, 0.1) is 5.92 Å². The number of carbonyl (C=O) groups is 1. The van der Waals surface area contributed by atoms with Gasteiger partial charge < -0.3 is 5.32 Å². The van der Waals surface area contributed by atoms with E-state index in [-0.39, 0.29) is 5.91 Å². The molecule has 1 fully saturated rings. The summed E-state index contributed by atoms with van der Waals surface area (Å²) >= 11 is 0. The molecule has 1 aliphatic rings. The van der Waals surface area contributed by atoms with Gasteiger partial charge in [-0.05, 0) is 72.4 Å². The first-order valence-corrected chi connectivity index (χ1v) is 9.78. The highest BCUT2D eigenvalue weighted by Gasteiger charge is 2.31. The Labute approximate surface area is 168 Å². The summed E-state index contributed by atoms with van der Waals surface area (Å²) in [6, 6.07) is 14.8. The molecule has 1 amide bonds. The fourth-order valence-corrected chi connectivity index (χ4v) is 3.56. The molecule has 2 aromatic carbocycles. The van der Waals surface area contributed by atoms with Crippen molar-refractivity contribution >= 4 is 11.6 Å². The van der Waals surface area contributed by atoms with Gasteiger partial charge in [-0.3, -0.25) is 9.78 Å². The Bertz CT molecular complexity index is 1010. The number of pyridine rings is 1.